The summed E-state index contributed by atoms with van der Waals surface area (Å²) in [7, 11) is 0. The highest BCUT2D eigenvalue weighted by molar-refractivity contribution is 6.36. The van der Waals surface area contributed by atoms with Gasteiger partial charge in [0.1, 0.15) is 5.75 Å². The fourth-order valence-corrected chi connectivity index (χ4v) is 3.90. The molecule has 2 amide bonds. The number of fused-ring (bicyclic) bond motifs is 1. The van der Waals surface area contributed by atoms with Crippen LogP contribution in [0.3, 0.4) is 0 Å². The average Bonchev–Trinajstić information content (AvgIpc) is 2.70. The van der Waals surface area contributed by atoms with Gasteiger partial charge in [-0.2, -0.15) is 0 Å². The Kier molecular flexibility index (Phi) is 7.96. The quantitative estimate of drug-likeness (QED) is 0.630. The van der Waals surface area contributed by atoms with Gasteiger partial charge in [0, 0.05) is 17.0 Å². The predicted octanol–water partition coefficient (Wildman–Crippen LogP) is 4.28. The number of hydrogen-bond donors (Lipinski definition) is 2. The summed E-state index contributed by atoms with van der Waals surface area (Å²) in [6.45, 7) is 3.41. The van der Waals surface area contributed by atoms with Gasteiger partial charge in [-0.15, -0.1) is 0 Å². The molecular formula is C22H25Cl2N3O3. The first kappa shape index (κ1) is 22.4. The highest BCUT2D eigenvalue weighted by Crippen LogP contribution is 2.31. The lowest BCUT2D eigenvalue weighted by molar-refractivity contribution is -0.124. The Balaban J connectivity index is 1.57. The number of carbonyl (C=O) groups excluding carboxylic acids is 2. The first-order valence-corrected chi connectivity index (χ1v) is 10.7. The molecule has 1 atom stereocenters. The van der Waals surface area contributed by atoms with Gasteiger partial charge in [0.05, 0.1) is 36.4 Å². The number of amides is 2. The zero-order valence-corrected chi connectivity index (χ0v) is 18.3. The molecule has 160 valence electrons. The van der Waals surface area contributed by atoms with E-state index >= 15 is 0 Å². The minimum absolute atomic E-state index is 0.0879. The molecule has 6 nitrogen and oxygen atoms in total. The second-order valence-electron chi connectivity index (χ2n) is 7.18. The fraction of sp³-hybridized carbons (Fsp3) is 0.364. The number of nitrogens with zero attached hydrogens (tertiary/aromatic N) is 1. The standard InChI is InChI=1S/C22H25Cl2N3O3/c1-2-10-27(14-22(29)26-19-8-7-15(23)12-17(19)24)13-21(28)25-18-9-11-30-20-6-4-3-5-16(18)20/h3-8,12,18H,2,9-11,13-14H2,1H3,(H,25,28)(H,26,29)/t18-/m1/s1. The number of hydrogen-bond acceptors (Lipinski definition) is 4. The van der Waals surface area contributed by atoms with Crippen molar-refractivity contribution in [2.75, 3.05) is 31.6 Å². The number of ether oxygens (including phenoxy) is 1. The Morgan fingerprint density at radius 3 is 2.67 bits per heavy atom. The molecule has 0 bridgehead atoms. The largest absolute Gasteiger partial charge is 0.493 e. The number of nitrogens with one attached hydrogen (secondary N) is 2. The molecule has 0 unspecified atom stereocenters. The third-order valence-corrected chi connectivity index (χ3v) is 5.32. The van der Waals surface area contributed by atoms with E-state index in [4.69, 9.17) is 27.9 Å². The van der Waals surface area contributed by atoms with Crippen LogP contribution in [0.1, 0.15) is 31.4 Å². The van der Waals surface area contributed by atoms with E-state index < -0.39 is 0 Å². The molecule has 8 heteroatoms. The van der Waals surface area contributed by atoms with Crippen molar-refractivity contribution < 1.29 is 14.3 Å². The van der Waals surface area contributed by atoms with Crippen LogP contribution in [-0.4, -0.2) is 43.0 Å². The van der Waals surface area contributed by atoms with Crippen LogP contribution in [0.2, 0.25) is 10.0 Å². The van der Waals surface area contributed by atoms with Crippen LogP contribution in [-0.2, 0) is 9.59 Å². The number of rotatable bonds is 8. The number of carbonyl (C=O) groups is 2. The number of anilines is 1. The molecule has 0 saturated carbocycles. The van der Waals surface area contributed by atoms with E-state index in [9.17, 15) is 9.59 Å². The van der Waals surface area contributed by atoms with Gasteiger partial charge in [-0.1, -0.05) is 48.3 Å². The van der Waals surface area contributed by atoms with Gasteiger partial charge in [-0.25, -0.2) is 0 Å². The lowest BCUT2D eigenvalue weighted by Gasteiger charge is -2.28. The zero-order chi connectivity index (χ0) is 21.5. The second-order valence-corrected chi connectivity index (χ2v) is 8.02. The van der Waals surface area contributed by atoms with Crippen LogP contribution in [0.5, 0.6) is 5.75 Å². The minimum atomic E-state index is -0.239. The van der Waals surface area contributed by atoms with Crippen LogP contribution in [0.15, 0.2) is 42.5 Å². The molecular weight excluding hydrogens is 425 g/mol. The minimum Gasteiger partial charge on any atom is -0.493 e. The molecule has 2 aromatic rings. The zero-order valence-electron chi connectivity index (χ0n) is 16.8. The van der Waals surface area contributed by atoms with Gasteiger partial charge >= 0.3 is 0 Å². The van der Waals surface area contributed by atoms with Crippen LogP contribution < -0.4 is 15.4 Å². The Hall–Kier alpha value is -2.28. The molecule has 2 N–H and O–H groups in total. The summed E-state index contributed by atoms with van der Waals surface area (Å²) >= 11 is 12.0. The second kappa shape index (κ2) is 10.7. The lowest BCUT2D eigenvalue weighted by Crippen LogP contribution is -2.43. The molecule has 2 aromatic carbocycles. The van der Waals surface area contributed by atoms with E-state index in [2.05, 4.69) is 10.6 Å². The summed E-state index contributed by atoms with van der Waals surface area (Å²) in [6, 6.07) is 12.5. The molecule has 0 aromatic heterocycles. The fourth-order valence-electron chi connectivity index (χ4n) is 3.45. The van der Waals surface area contributed by atoms with Crippen molar-refractivity contribution in [3.8, 4) is 5.75 Å². The summed E-state index contributed by atoms with van der Waals surface area (Å²) in [5.74, 6) is 0.443. The molecule has 1 aliphatic heterocycles. The summed E-state index contributed by atoms with van der Waals surface area (Å²) in [6.07, 6.45) is 1.54. The topological polar surface area (TPSA) is 70.7 Å². The first-order chi connectivity index (χ1) is 14.5. The molecule has 0 radical (unpaired) electrons. The average molecular weight is 450 g/mol. The highest BCUT2D eigenvalue weighted by Gasteiger charge is 2.23. The van der Waals surface area contributed by atoms with Crippen molar-refractivity contribution in [1.82, 2.24) is 10.2 Å². The highest BCUT2D eigenvalue weighted by atomic mass is 35.5. The predicted molar refractivity (Wildman–Crippen MR) is 119 cm³/mol. The third-order valence-electron chi connectivity index (χ3n) is 4.77. The molecule has 30 heavy (non-hydrogen) atoms. The van der Waals surface area contributed by atoms with E-state index in [1.54, 1.807) is 18.2 Å². The van der Waals surface area contributed by atoms with Gasteiger partial charge < -0.3 is 15.4 Å². The van der Waals surface area contributed by atoms with E-state index in [0.29, 0.717) is 35.3 Å². The van der Waals surface area contributed by atoms with E-state index in [-0.39, 0.29) is 30.9 Å². The summed E-state index contributed by atoms with van der Waals surface area (Å²) < 4.78 is 5.65. The van der Waals surface area contributed by atoms with Gasteiger partial charge in [0.25, 0.3) is 0 Å². The van der Waals surface area contributed by atoms with Gasteiger partial charge in [0.2, 0.25) is 11.8 Å². The Labute approximate surface area is 186 Å². The molecule has 0 fully saturated rings. The Bertz CT molecular complexity index is 907. The van der Waals surface area contributed by atoms with Crippen LogP contribution in [0, 0.1) is 0 Å². The molecule has 1 aliphatic rings. The van der Waals surface area contributed by atoms with E-state index in [1.807, 2.05) is 36.1 Å². The third kappa shape index (κ3) is 6.11. The van der Waals surface area contributed by atoms with Crippen LogP contribution in [0.25, 0.3) is 0 Å². The van der Waals surface area contributed by atoms with Gasteiger partial charge in [-0.3, -0.25) is 14.5 Å². The number of benzene rings is 2. The normalized spacial score (nSPS) is 15.3. The maximum absolute atomic E-state index is 12.7. The molecule has 3 rings (SSSR count). The van der Waals surface area contributed by atoms with Crippen molar-refractivity contribution >= 4 is 40.7 Å². The van der Waals surface area contributed by atoms with E-state index in [0.717, 1.165) is 17.7 Å². The SMILES string of the molecule is CCCN(CC(=O)Nc1ccc(Cl)cc1Cl)CC(=O)N[C@@H]1CCOc2ccccc21. The molecule has 0 aliphatic carbocycles. The number of halogens is 2. The number of para-hydroxylation sites is 1. The summed E-state index contributed by atoms with van der Waals surface area (Å²) in [5, 5.41) is 6.72. The van der Waals surface area contributed by atoms with Crippen LogP contribution in [0.4, 0.5) is 5.69 Å². The van der Waals surface area contributed by atoms with Gasteiger partial charge in [-0.05, 0) is 37.2 Å². The van der Waals surface area contributed by atoms with Crippen molar-refractivity contribution in [3.05, 3.63) is 58.1 Å². The van der Waals surface area contributed by atoms with Crippen LogP contribution >= 0.6 is 23.2 Å². The first-order valence-electron chi connectivity index (χ1n) is 9.94. The lowest BCUT2D eigenvalue weighted by atomic mass is 10.0. The monoisotopic (exact) mass is 449 g/mol. The van der Waals surface area contributed by atoms with E-state index in [1.165, 1.54) is 0 Å². The van der Waals surface area contributed by atoms with Crippen molar-refractivity contribution in [1.29, 1.82) is 0 Å². The molecule has 1 heterocycles. The smallest absolute Gasteiger partial charge is 0.238 e. The summed E-state index contributed by atoms with van der Waals surface area (Å²) in [5.41, 5.74) is 1.47. The Morgan fingerprint density at radius 1 is 1.13 bits per heavy atom. The molecule has 0 saturated heterocycles. The maximum atomic E-state index is 12.7. The van der Waals surface area contributed by atoms with Crippen molar-refractivity contribution in [2.24, 2.45) is 0 Å². The molecule has 0 spiro atoms. The van der Waals surface area contributed by atoms with Crippen molar-refractivity contribution in [3.63, 3.8) is 0 Å². The van der Waals surface area contributed by atoms with Gasteiger partial charge in [0.15, 0.2) is 0 Å². The van der Waals surface area contributed by atoms with Crippen molar-refractivity contribution in [2.45, 2.75) is 25.8 Å². The summed E-state index contributed by atoms with van der Waals surface area (Å²) in [4.78, 5) is 27.0. The Morgan fingerprint density at radius 2 is 1.90 bits per heavy atom. The maximum Gasteiger partial charge on any atom is 0.238 e.